The standard InChI is InChI=1S/C74H64N2SSi/c1-73(2,3)53-47-67-66-51-54(75-69-43-27-25-41-64(69)65-42-26-28-44-70(65)75)45-46-71(66)76(72(67)68(48-53)74(4,5)6)55-49-59(77(56-29-13-7-14-30-56,57-31-15-8-16-32-57)58-33-17-9-18-34-58)52-63(50-55)78(60-35-19-10-20-36-60,61-37-21-11-22-38-61)62-39-23-12-24-40-62/h7-52H,1-6H3. The number of rotatable bonds is 10. The van der Waals surface area contributed by atoms with Crippen molar-refractivity contribution >= 4 is 82.5 Å². The molecule has 2 aromatic heterocycles. The van der Waals surface area contributed by atoms with E-state index in [-0.39, 0.29) is 10.8 Å². The molecule has 4 heteroatoms. The van der Waals surface area contributed by atoms with E-state index in [1.807, 2.05) is 0 Å². The van der Waals surface area contributed by atoms with Crippen LogP contribution in [0.1, 0.15) is 52.7 Å². The van der Waals surface area contributed by atoms with Crippen molar-refractivity contribution in [3.05, 3.63) is 290 Å². The van der Waals surface area contributed by atoms with Crippen molar-refractivity contribution in [2.45, 2.75) is 72.0 Å². The van der Waals surface area contributed by atoms with Crippen LogP contribution in [0.15, 0.2) is 299 Å². The molecule has 13 rings (SSSR count). The molecule has 0 N–H and O–H groups in total. The Morgan fingerprint density at radius 1 is 0.295 bits per heavy atom. The average Bonchev–Trinajstić information content (AvgIpc) is 4.08. The van der Waals surface area contributed by atoms with Gasteiger partial charge in [0, 0.05) is 52.5 Å². The van der Waals surface area contributed by atoms with E-state index < -0.39 is 18.1 Å². The number of hydrogen-bond donors (Lipinski definition) is 0. The molecular formula is C74H64N2SSi. The molecular weight excluding hydrogens is 977 g/mol. The SMILES string of the molecule is CC(C)(C)c1cc(C(C)(C)C)c2c(c1)c1cc(-n3c4ccccc4c4ccccc43)ccc1n2-c1cc([Si](c2ccccc2)(c2ccccc2)c2ccccc2)cc(S(c2ccccc2)(c2ccccc2)c2ccccc2)c1. The van der Waals surface area contributed by atoms with Gasteiger partial charge in [-0.1, -0.05) is 230 Å². The molecule has 0 saturated carbocycles. The highest BCUT2D eigenvalue weighted by molar-refractivity contribution is 8.34. The number of hydrogen-bond acceptors (Lipinski definition) is 0. The quantitative estimate of drug-likeness (QED) is 0.0954. The molecule has 0 atom stereocenters. The summed E-state index contributed by atoms with van der Waals surface area (Å²) in [5.41, 5.74) is 9.49. The Hall–Kier alpha value is -8.41. The van der Waals surface area contributed by atoms with Crippen molar-refractivity contribution < 1.29 is 0 Å². The third-order valence-electron chi connectivity index (χ3n) is 16.2. The summed E-state index contributed by atoms with van der Waals surface area (Å²) >= 11 is 0. The molecule has 0 bridgehead atoms. The molecule has 0 radical (unpaired) electrons. The van der Waals surface area contributed by atoms with Gasteiger partial charge in [-0.05, 0) is 134 Å². The fourth-order valence-corrected chi connectivity index (χ4v) is 21.5. The van der Waals surface area contributed by atoms with E-state index in [1.54, 1.807) is 0 Å². The van der Waals surface area contributed by atoms with Gasteiger partial charge in [0.15, 0.2) is 8.07 Å². The second-order valence-corrected chi connectivity index (χ2v) is 29.9. The number of nitrogens with zero attached hydrogens (tertiary/aromatic N) is 2. The number of benzene rings is 11. The van der Waals surface area contributed by atoms with E-state index in [0.717, 1.165) is 11.4 Å². The van der Waals surface area contributed by atoms with Crippen molar-refractivity contribution in [2.24, 2.45) is 0 Å². The molecule has 2 heterocycles. The monoisotopic (exact) mass is 1040 g/mol. The van der Waals surface area contributed by atoms with E-state index in [1.165, 1.54) is 95.1 Å². The Labute approximate surface area is 462 Å². The molecule has 0 saturated heterocycles. The average molecular weight is 1040 g/mol. The van der Waals surface area contributed by atoms with Crippen LogP contribution < -0.4 is 20.7 Å². The van der Waals surface area contributed by atoms with Crippen LogP contribution in [0.4, 0.5) is 0 Å². The van der Waals surface area contributed by atoms with Crippen LogP contribution in [-0.2, 0) is 10.8 Å². The van der Waals surface area contributed by atoms with E-state index >= 15 is 0 Å². The molecule has 11 aromatic carbocycles. The molecule has 0 unspecified atom stereocenters. The van der Waals surface area contributed by atoms with Crippen molar-refractivity contribution in [3.63, 3.8) is 0 Å². The first kappa shape index (κ1) is 49.2. The first-order valence-electron chi connectivity index (χ1n) is 27.4. The highest BCUT2D eigenvalue weighted by Gasteiger charge is 2.44. The lowest BCUT2D eigenvalue weighted by molar-refractivity contribution is 0.572. The summed E-state index contributed by atoms with van der Waals surface area (Å²) in [7, 11) is -5.37. The van der Waals surface area contributed by atoms with Crippen molar-refractivity contribution in [3.8, 4) is 11.4 Å². The second-order valence-electron chi connectivity index (χ2n) is 22.9. The van der Waals surface area contributed by atoms with E-state index in [9.17, 15) is 0 Å². The van der Waals surface area contributed by atoms with E-state index in [2.05, 4.69) is 330 Å². The third kappa shape index (κ3) is 7.91. The van der Waals surface area contributed by atoms with Crippen LogP contribution in [-0.4, -0.2) is 17.2 Å². The van der Waals surface area contributed by atoms with Gasteiger partial charge >= 0.3 is 0 Å². The topological polar surface area (TPSA) is 9.86 Å². The second kappa shape index (κ2) is 19.2. The van der Waals surface area contributed by atoms with Crippen LogP contribution in [0.3, 0.4) is 0 Å². The maximum atomic E-state index is 2.67. The Bertz CT molecular complexity index is 3910. The van der Waals surface area contributed by atoms with Gasteiger partial charge in [0.1, 0.15) is 0 Å². The van der Waals surface area contributed by atoms with Crippen LogP contribution in [0, 0.1) is 0 Å². The fraction of sp³-hybridized carbons (Fsp3) is 0.108. The van der Waals surface area contributed by atoms with Crippen molar-refractivity contribution in [1.82, 2.24) is 9.13 Å². The minimum atomic E-state index is -3.18. The highest BCUT2D eigenvalue weighted by Crippen LogP contribution is 2.73. The molecule has 0 aliphatic carbocycles. The smallest absolute Gasteiger partial charge is 0.179 e. The van der Waals surface area contributed by atoms with Crippen LogP contribution in [0.2, 0.25) is 0 Å². The molecule has 380 valence electrons. The van der Waals surface area contributed by atoms with Gasteiger partial charge in [-0.2, -0.15) is 0 Å². The van der Waals surface area contributed by atoms with Gasteiger partial charge in [0.05, 0.1) is 22.1 Å². The first-order chi connectivity index (χ1) is 38.0. The van der Waals surface area contributed by atoms with Crippen LogP contribution in [0.5, 0.6) is 0 Å². The van der Waals surface area contributed by atoms with Gasteiger partial charge in [-0.25, -0.2) is 0 Å². The van der Waals surface area contributed by atoms with E-state index in [0.29, 0.717) is 0 Å². The lowest BCUT2D eigenvalue weighted by Crippen LogP contribution is -2.74. The molecule has 0 amide bonds. The van der Waals surface area contributed by atoms with Crippen LogP contribution in [0.25, 0.3) is 55.0 Å². The minimum Gasteiger partial charge on any atom is -0.309 e. The van der Waals surface area contributed by atoms with Gasteiger partial charge < -0.3 is 9.13 Å². The zero-order valence-corrected chi connectivity index (χ0v) is 47.2. The zero-order chi connectivity index (χ0) is 53.2. The Balaban J connectivity index is 1.25. The molecule has 0 aliphatic heterocycles. The molecule has 0 fully saturated rings. The van der Waals surface area contributed by atoms with Crippen molar-refractivity contribution in [2.75, 3.05) is 0 Å². The summed E-state index contributed by atoms with van der Waals surface area (Å²) in [6, 6.07) is 106. The van der Waals surface area contributed by atoms with Gasteiger partial charge in [0.2, 0.25) is 0 Å². The highest BCUT2D eigenvalue weighted by atomic mass is 32.3. The summed E-state index contributed by atoms with van der Waals surface area (Å²) in [5.74, 6) is 0. The first-order valence-corrected chi connectivity index (χ1v) is 31.0. The van der Waals surface area contributed by atoms with Gasteiger partial charge in [0.25, 0.3) is 0 Å². The molecule has 78 heavy (non-hydrogen) atoms. The van der Waals surface area contributed by atoms with Gasteiger partial charge in [-0.15, -0.1) is 10.0 Å². The summed E-state index contributed by atoms with van der Waals surface area (Å²) < 4.78 is 5.15. The summed E-state index contributed by atoms with van der Waals surface area (Å²) in [6.45, 7) is 14.3. The summed E-state index contributed by atoms with van der Waals surface area (Å²) in [5, 5.41) is 10.4. The molecule has 0 aliphatic rings. The summed E-state index contributed by atoms with van der Waals surface area (Å²) in [4.78, 5) is 5.17. The molecule has 13 aromatic rings. The third-order valence-corrected chi connectivity index (χ3v) is 24.8. The van der Waals surface area contributed by atoms with Crippen molar-refractivity contribution in [1.29, 1.82) is 0 Å². The maximum Gasteiger partial charge on any atom is 0.179 e. The molecule has 2 nitrogen and oxygen atoms in total. The number of fused-ring (bicyclic) bond motifs is 6. The largest absolute Gasteiger partial charge is 0.309 e. The zero-order valence-electron chi connectivity index (χ0n) is 45.4. The predicted octanol–water partition coefficient (Wildman–Crippen LogP) is 17.2. The lowest BCUT2D eigenvalue weighted by atomic mass is 9.79. The molecule has 0 spiro atoms. The minimum absolute atomic E-state index is 0.101. The van der Waals surface area contributed by atoms with E-state index in [4.69, 9.17) is 0 Å². The van der Waals surface area contributed by atoms with Crippen LogP contribution >= 0.6 is 10.0 Å². The Morgan fingerprint density at radius 2 is 0.718 bits per heavy atom. The number of aromatic nitrogens is 2. The Morgan fingerprint density at radius 3 is 1.17 bits per heavy atom. The lowest BCUT2D eigenvalue weighted by Gasteiger charge is -2.43. The predicted molar refractivity (Wildman–Crippen MR) is 336 cm³/mol. The maximum absolute atomic E-state index is 3.18. The normalized spacial score (nSPS) is 12.7. The Kier molecular flexibility index (Phi) is 12.1. The number of para-hydroxylation sites is 2. The summed E-state index contributed by atoms with van der Waals surface area (Å²) in [6.07, 6.45) is 0. The fourth-order valence-electron chi connectivity index (χ4n) is 12.6. The van der Waals surface area contributed by atoms with Gasteiger partial charge in [-0.3, -0.25) is 0 Å².